The highest BCUT2D eigenvalue weighted by Gasteiger charge is 2.38. The van der Waals surface area contributed by atoms with E-state index in [9.17, 15) is 23.2 Å². The van der Waals surface area contributed by atoms with Crippen LogP contribution in [0.25, 0.3) is 0 Å². The van der Waals surface area contributed by atoms with E-state index in [-0.39, 0.29) is 43.7 Å². The summed E-state index contributed by atoms with van der Waals surface area (Å²) in [7, 11) is 0. The number of hydrogen-bond donors (Lipinski definition) is 1. The molecular weight excluding hydrogens is 392 g/mol. The second-order valence-corrected chi connectivity index (χ2v) is 7.12. The molecule has 1 atom stereocenters. The maximum absolute atomic E-state index is 13.1. The van der Waals surface area contributed by atoms with Gasteiger partial charge >= 0.3 is 11.8 Å². The molecule has 0 radical (unpaired) electrons. The molecule has 3 rings (SSSR count). The summed E-state index contributed by atoms with van der Waals surface area (Å²) >= 11 is 0. The molecule has 1 aliphatic rings. The van der Waals surface area contributed by atoms with Gasteiger partial charge in [-0.15, -0.1) is 0 Å². The van der Waals surface area contributed by atoms with Crippen LogP contribution >= 0.6 is 0 Å². The Kier molecular flexibility index (Phi) is 6.76. The van der Waals surface area contributed by atoms with Crippen LogP contribution in [0.4, 0.5) is 8.78 Å². The SMILES string of the molecule is CCC(C(=O)NCc1ccc(F)cc1)N1CCN(Cc2ccc(F)cc2)C(=O)C1=O. The highest BCUT2D eigenvalue weighted by atomic mass is 19.1. The van der Waals surface area contributed by atoms with Crippen molar-refractivity contribution in [2.75, 3.05) is 13.1 Å². The molecule has 0 saturated carbocycles. The number of carbonyl (C=O) groups is 3. The fraction of sp³-hybridized carbons (Fsp3) is 0.318. The zero-order valence-corrected chi connectivity index (χ0v) is 16.6. The van der Waals surface area contributed by atoms with Gasteiger partial charge in [0.05, 0.1) is 0 Å². The Bertz CT molecular complexity index is 916. The van der Waals surface area contributed by atoms with Crippen molar-refractivity contribution in [3.05, 3.63) is 71.3 Å². The largest absolute Gasteiger partial charge is 0.350 e. The lowest BCUT2D eigenvalue weighted by atomic mass is 10.1. The molecule has 1 heterocycles. The molecule has 0 bridgehead atoms. The fourth-order valence-corrected chi connectivity index (χ4v) is 3.40. The maximum Gasteiger partial charge on any atom is 0.312 e. The van der Waals surface area contributed by atoms with Crippen LogP contribution in [0.2, 0.25) is 0 Å². The zero-order chi connectivity index (χ0) is 21.7. The van der Waals surface area contributed by atoms with E-state index in [0.29, 0.717) is 6.42 Å². The van der Waals surface area contributed by atoms with E-state index in [0.717, 1.165) is 11.1 Å². The highest BCUT2D eigenvalue weighted by Crippen LogP contribution is 2.15. The number of piperazine rings is 1. The molecule has 1 N–H and O–H groups in total. The summed E-state index contributed by atoms with van der Waals surface area (Å²) in [5.41, 5.74) is 1.45. The van der Waals surface area contributed by atoms with E-state index in [4.69, 9.17) is 0 Å². The van der Waals surface area contributed by atoms with Gasteiger partial charge in [0.1, 0.15) is 17.7 Å². The minimum atomic E-state index is -0.769. The molecule has 8 heteroatoms. The van der Waals surface area contributed by atoms with Gasteiger partial charge in [-0.2, -0.15) is 0 Å². The van der Waals surface area contributed by atoms with Crippen LogP contribution in [-0.2, 0) is 27.5 Å². The van der Waals surface area contributed by atoms with Crippen molar-refractivity contribution in [2.24, 2.45) is 0 Å². The zero-order valence-electron chi connectivity index (χ0n) is 16.6. The first-order valence-electron chi connectivity index (χ1n) is 9.75. The summed E-state index contributed by atoms with van der Waals surface area (Å²) in [4.78, 5) is 40.5. The van der Waals surface area contributed by atoms with Crippen molar-refractivity contribution < 1.29 is 23.2 Å². The summed E-state index contributed by atoms with van der Waals surface area (Å²) in [6, 6.07) is 10.7. The molecule has 1 aliphatic heterocycles. The normalized spacial score (nSPS) is 15.3. The minimum absolute atomic E-state index is 0.197. The Labute approximate surface area is 173 Å². The van der Waals surface area contributed by atoms with Crippen molar-refractivity contribution >= 4 is 17.7 Å². The first kappa shape index (κ1) is 21.4. The fourth-order valence-electron chi connectivity index (χ4n) is 3.40. The molecule has 1 saturated heterocycles. The number of carbonyl (C=O) groups excluding carboxylic acids is 3. The summed E-state index contributed by atoms with van der Waals surface area (Å²) in [5.74, 6) is -2.51. The average molecular weight is 415 g/mol. The Hall–Kier alpha value is -3.29. The Balaban J connectivity index is 1.60. The predicted molar refractivity (Wildman–Crippen MR) is 106 cm³/mol. The summed E-state index contributed by atoms with van der Waals surface area (Å²) in [6.45, 7) is 2.68. The molecule has 0 spiro atoms. The van der Waals surface area contributed by atoms with Crippen LogP contribution < -0.4 is 5.32 Å². The second-order valence-electron chi connectivity index (χ2n) is 7.12. The van der Waals surface area contributed by atoms with Crippen molar-refractivity contribution in [3.63, 3.8) is 0 Å². The Morgan fingerprint density at radius 3 is 2.07 bits per heavy atom. The maximum atomic E-state index is 13.1. The minimum Gasteiger partial charge on any atom is -0.350 e. The molecule has 3 amide bonds. The molecule has 158 valence electrons. The van der Waals surface area contributed by atoms with Gasteiger partial charge in [-0.3, -0.25) is 14.4 Å². The first-order chi connectivity index (χ1) is 14.4. The molecule has 6 nitrogen and oxygen atoms in total. The number of nitrogens with one attached hydrogen (secondary N) is 1. The van der Waals surface area contributed by atoms with Crippen LogP contribution in [0.5, 0.6) is 0 Å². The van der Waals surface area contributed by atoms with Gasteiger partial charge < -0.3 is 15.1 Å². The topological polar surface area (TPSA) is 69.7 Å². The number of benzene rings is 2. The van der Waals surface area contributed by atoms with E-state index in [2.05, 4.69) is 5.32 Å². The van der Waals surface area contributed by atoms with E-state index < -0.39 is 17.9 Å². The molecule has 2 aromatic carbocycles. The van der Waals surface area contributed by atoms with E-state index in [1.807, 2.05) is 0 Å². The molecule has 30 heavy (non-hydrogen) atoms. The summed E-state index contributed by atoms with van der Waals surface area (Å²) in [6.07, 6.45) is 0.353. The van der Waals surface area contributed by atoms with Crippen LogP contribution in [0, 0.1) is 11.6 Å². The summed E-state index contributed by atoms with van der Waals surface area (Å²) in [5, 5.41) is 2.74. The van der Waals surface area contributed by atoms with Gasteiger partial charge in [0.15, 0.2) is 0 Å². The average Bonchev–Trinajstić information content (AvgIpc) is 2.74. The third-order valence-electron chi connectivity index (χ3n) is 5.07. The van der Waals surface area contributed by atoms with Gasteiger partial charge in [-0.1, -0.05) is 31.2 Å². The standard InChI is InChI=1S/C22H23F2N3O3/c1-2-19(20(28)25-13-15-3-7-17(23)8-4-15)27-12-11-26(21(29)22(27)30)14-16-5-9-18(24)10-6-16/h3-10,19H,2,11-14H2,1H3,(H,25,28). The lowest BCUT2D eigenvalue weighted by molar-refractivity contribution is -0.159. The van der Waals surface area contributed by atoms with Crippen molar-refractivity contribution in [2.45, 2.75) is 32.5 Å². The third-order valence-corrected chi connectivity index (χ3v) is 5.07. The molecule has 1 fully saturated rings. The number of amides is 3. The van der Waals surface area contributed by atoms with Crippen LogP contribution in [0.1, 0.15) is 24.5 Å². The van der Waals surface area contributed by atoms with E-state index >= 15 is 0 Å². The van der Waals surface area contributed by atoms with Crippen molar-refractivity contribution in [1.29, 1.82) is 0 Å². The predicted octanol–water partition coefficient (Wildman–Crippen LogP) is 2.23. The Morgan fingerprint density at radius 1 is 0.933 bits per heavy atom. The highest BCUT2D eigenvalue weighted by molar-refractivity contribution is 6.35. The summed E-state index contributed by atoms with van der Waals surface area (Å²) < 4.78 is 26.0. The van der Waals surface area contributed by atoms with E-state index in [1.54, 1.807) is 31.2 Å². The Morgan fingerprint density at radius 2 is 1.50 bits per heavy atom. The lowest BCUT2D eigenvalue weighted by Crippen LogP contribution is -2.59. The number of rotatable bonds is 7. The van der Waals surface area contributed by atoms with Crippen LogP contribution in [-0.4, -0.2) is 46.7 Å². The molecule has 1 unspecified atom stereocenters. The monoisotopic (exact) mass is 415 g/mol. The van der Waals surface area contributed by atoms with Crippen LogP contribution in [0.3, 0.4) is 0 Å². The van der Waals surface area contributed by atoms with Gasteiger partial charge in [0.2, 0.25) is 5.91 Å². The van der Waals surface area contributed by atoms with Crippen molar-refractivity contribution in [1.82, 2.24) is 15.1 Å². The van der Waals surface area contributed by atoms with Gasteiger partial charge in [0, 0.05) is 26.2 Å². The smallest absolute Gasteiger partial charge is 0.312 e. The van der Waals surface area contributed by atoms with Gasteiger partial charge in [-0.25, -0.2) is 8.78 Å². The number of hydrogen-bond acceptors (Lipinski definition) is 3. The van der Waals surface area contributed by atoms with Gasteiger partial charge in [-0.05, 0) is 41.8 Å². The first-order valence-corrected chi connectivity index (χ1v) is 9.75. The molecular formula is C22H23F2N3O3. The third kappa shape index (κ3) is 5.00. The van der Waals surface area contributed by atoms with Crippen molar-refractivity contribution in [3.8, 4) is 0 Å². The van der Waals surface area contributed by atoms with E-state index in [1.165, 1.54) is 34.1 Å². The van der Waals surface area contributed by atoms with Crippen LogP contribution in [0.15, 0.2) is 48.5 Å². The lowest BCUT2D eigenvalue weighted by Gasteiger charge is -2.37. The molecule has 0 aliphatic carbocycles. The quantitative estimate of drug-likeness (QED) is 0.705. The number of nitrogens with zero attached hydrogens (tertiary/aromatic N) is 2. The van der Waals surface area contributed by atoms with Gasteiger partial charge in [0.25, 0.3) is 0 Å². The molecule has 0 aromatic heterocycles. The molecule has 2 aromatic rings. The number of halogens is 2. The second kappa shape index (κ2) is 9.47.